The highest BCUT2D eigenvalue weighted by atomic mass is 19.1. The molecule has 1 aliphatic rings. The van der Waals surface area contributed by atoms with Crippen molar-refractivity contribution in [3.8, 4) is 11.5 Å². The molecule has 0 radical (unpaired) electrons. The number of aryl methyl sites for hydroxylation is 2. The number of fused-ring (bicyclic) bond motifs is 6. The maximum Gasteiger partial charge on any atom is 0.131 e. The molecule has 0 aliphatic heterocycles. The molecule has 0 N–H and O–H groups in total. The van der Waals surface area contributed by atoms with Crippen molar-refractivity contribution < 1.29 is 13.9 Å². The van der Waals surface area contributed by atoms with E-state index in [-0.39, 0.29) is 5.82 Å². The predicted octanol–water partition coefficient (Wildman–Crippen LogP) is 9.44. The average molecular weight is 544 g/mol. The number of pyridine rings is 1. The van der Waals surface area contributed by atoms with Crippen LogP contribution in [0.1, 0.15) is 41.9 Å². The maximum absolute atomic E-state index is 14.1. The Kier molecular flexibility index (Phi) is 7.82. The number of methoxy groups -OCH3 is 2. The molecule has 1 heterocycles. The molecule has 0 saturated heterocycles. The fourth-order valence-electron chi connectivity index (χ4n) is 6.33. The first-order valence-electron chi connectivity index (χ1n) is 14.3. The molecule has 0 spiro atoms. The summed E-state index contributed by atoms with van der Waals surface area (Å²) in [7, 11) is 3.42. The van der Waals surface area contributed by atoms with Gasteiger partial charge in [-0.05, 0) is 106 Å². The van der Waals surface area contributed by atoms with Crippen LogP contribution < -0.4 is 9.47 Å². The summed E-state index contributed by atoms with van der Waals surface area (Å²) in [5.41, 5.74) is 3.65. The van der Waals surface area contributed by atoms with Gasteiger partial charge in [-0.2, -0.15) is 0 Å². The van der Waals surface area contributed by atoms with Crippen LogP contribution in [-0.4, -0.2) is 19.2 Å². The lowest BCUT2D eigenvalue weighted by Gasteiger charge is -2.27. The van der Waals surface area contributed by atoms with Crippen LogP contribution >= 0.6 is 0 Å². The normalized spacial score (nSPS) is 14.4. The number of hydrogen-bond acceptors (Lipinski definition) is 3. The topological polar surface area (TPSA) is 31.4 Å². The van der Waals surface area contributed by atoms with Gasteiger partial charge in [-0.3, -0.25) is 4.98 Å². The Morgan fingerprint density at radius 2 is 1.59 bits per heavy atom. The first-order valence-corrected chi connectivity index (χ1v) is 14.3. The van der Waals surface area contributed by atoms with Gasteiger partial charge in [-0.1, -0.05) is 66.7 Å². The number of ether oxygens (including phenoxy) is 2. The third-order valence-corrected chi connectivity index (χ3v) is 8.36. The second-order valence-electron chi connectivity index (χ2n) is 10.6. The van der Waals surface area contributed by atoms with Crippen molar-refractivity contribution in [2.45, 2.75) is 38.0 Å². The standard InChI is InChI=1S/C28H27FO2.C9H7N/c1-30-26-12-6-10-23-22-16-15-20-18(13-14-19-7-3-4-11-25(19)29)8-5-9-21(20)24(22)17-27(31-2)28(23)26;1-2-4-9-7-10-6-5-8(9)3-1/h3-4,6-7,10-12,15-18H,5,8-9,13-14H2,1-2H3;1-7H. The van der Waals surface area contributed by atoms with Crippen LogP contribution in [0.2, 0.25) is 0 Å². The van der Waals surface area contributed by atoms with Crippen LogP contribution in [0.15, 0.2) is 103 Å². The van der Waals surface area contributed by atoms with E-state index in [1.807, 2.05) is 54.9 Å². The van der Waals surface area contributed by atoms with Gasteiger partial charge in [0.15, 0.2) is 0 Å². The molecule has 1 aromatic heterocycles. The number of nitrogens with zero attached hydrogens (tertiary/aromatic N) is 1. The Bertz CT molecular complexity index is 1760. The molecule has 5 aromatic carbocycles. The summed E-state index contributed by atoms with van der Waals surface area (Å²) in [5.74, 6) is 2.04. The molecule has 41 heavy (non-hydrogen) atoms. The van der Waals surface area contributed by atoms with Gasteiger partial charge in [0.25, 0.3) is 0 Å². The van der Waals surface area contributed by atoms with Gasteiger partial charge in [0.05, 0.1) is 19.6 Å². The summed E-state index contributed by atoms with van der Waals surface area (Å²) in [6.07, 6.45) is 8.81. The third-order valence-electron chi connectivity index (χ3n) is 8.36. The molecule has 1 unspecified atom stereocenters. The fourth-order valence-corrected chi connectivity index (χ4v) is 6.33. The Labute approximate surface area is 240 Å². The van der Waals surface area contributed by atoms with E-state index in [4.69, 9.17) is 9.47 Å². The zero-order valence-electron chi connectivity index (χ0n) is 23.6. The van der Waals surface area contributed by atoms with Crippen molar-refractivity contribution in [2.75, 3.05) is 14.2 Å². The molecule has 0 amide bonds. The van der Waals surface area contributed by atoms with E-state index < -0.39 is 0 Å². The maximum atomic E-state index is 14.1. The molecule has 4 heteroatoms. The summed E-state index contributed by atoms with van der Waals surface area (Å²) < 4.78 is 25.5. The highest BCUT2D eigenvalue weighted by Gasteiger charge is 2.24. The van der Waals surface area contributed by atoms with E-state index in [0.29, 0.717) is 5.92 Å². The molecular weight excluding hydrogens is 509 g/mol. The summed E-state index contributed by atoms with van der Waals surface area (Å²) in [5, 5.41) is 7.13. The summed E-state index contributed by atoms with van der Waals surface area (Å²) in [4.78, 5) is 4.01. The minimum Gasteiger partial charge on any atom is -0.496 e. The van der Waals surface area contributed by atoms with Crippen LogP contribution in [0, 0.1) is 5.82 Å². The molecule has 6 aromatic rings. The average Bonchev–Trinajstić information content (AvgIpc) is 3.03. The molecule has 3 nitrogen and oxygen atoms in total. The van der Waals surface area contributed by atoms with Gasteiger partial charge >= 0.3 is 0 Å². The lowest BCUT2D eigenvalue weighted by Crippen LogP contribution is -2.11. The Hall–Kier alpha value is -4.44. The zero-order chi connectivity index (χ0) is 28.2. The number of hydrogen-bond donors (Lipinski definition) is 0. The summed E-state index contributed by atoms with van der Waals surface area (Å²) in [6.45, 7) is 0. The van der Waals surface area contributed by atoms with E-state index in [1.165, 1.54) is 32.7 Å². The van der Waals surface area contributed by atoms with Crippen molar-refractivity contribution in [3.05, 3.63) is 126 Å². The van der Waals surface area contributed by atoms with Gasteiger partial charge in [-0.25, -0.2) is 4.39 Å². The molecule has 7 rings (SSSR count). The van der Waals surface area contributed by atoms with Crippen LogP contribution in [0.4, 0.5) is 4.39 Å². The van der Waals surface area contributed by atoms with Gasteiger partial charge in [0.2, 0.25) is 0 Å². The predicted molar refractivity (Wildman–Crippen MR) is 167 cm³/mol. The van der Waals surface area contributed by atoms with Crippen LogP contribution in [-0.2, 0) is 12.8 Å². The molecule has 0 bridgehead atoms. The highest BCUT2D eigenvalue weighted by Crippen LogP contribution is 2.44. The van der Waals surface area contributed by atoms with Crippen molar-refractivity contribution in [1.29, 1.82) is 0 Å². The van der Waals surface area contributed by atoms with Crippen molar-refractivity contribution in [3.63, 3.8) is 0 Å². The number of halogens is 1. The van der Waals surface area contributed by atoms with Crippen LogP contribution in [0.25, 0.3) is 32.3 Å². The molecular formula is C37H34FNO2. The number of aromatic nitrogens is 1. The summed E-state index contributed by atoms with van der Waals surface area (Å²) >= 11 is 0. The molecule has 0 saturated carbocycles. The molecule has 0 fully saturated rings. The van der Waals surface area contributed by atoms with Crippen molar-refractivity contribution in [1.82, 2.24) is 4.98 Å². The van der Waals surface area contributed by atoms with E-state index in [9.17, 15) is 4.39 Å². The van der Waals surface area contributed by atoms with Gasteiger partial charge < -0.3 is 9.47 Å². The Morgan fingerprint density at radius 1 is 0.780 bits per heavy atom. The van der Waals surface area contributed by atoms with Crippen LogP contribution in [0.3, 0.4) is 0 Å². The largest absolute Gasteiger partial charge is 0.496 e. The van der Waals surface area contributed by atoms with Gasteiger partial charge in [0.1, 0.15) is 17.3 Å². The fraction of sp³-hybridized carbons (Fsp3) is 0.216. The van der Waals surface area contributed by atoms with Gasteiger partial charge in [0, 0.05) is 12.4 Å². The first kappa shape index (κ1) is 26.8. The second kappa shape index (κ2) is 12.0. The minimum atomic E-state index is -0.0952. The minimum absolute atomic E-state index is 0.0952. The SMILES string of the molecule is COc1cccc2c1c(OC)cc1c3c(ccc12)C(CCc1ccccc1F)CCC3.c1ccc2cnccc2c1. The van der Waals surface area contributed by atoms with Crippen molar-refractivity contribution >= 4 is 32.3 Å². The molecule has 1 atom stereocenters. The third kappa shape index (κ3) is 5.35. The van der Waals surface area contributed by atoms with Crippen LogP contribution in [0.5, 0.6) is 11.5 Å². The second-order valence-corrected chi connectivity index (χ2v) is 10.6. The highest BCUT2D eigenvalue weighted by molar-refractivity contribution is 6.13. The quantitative estimate of drug-likeness (QED) is 0.203. The smallest absolute Gasteiger partial charge is 0.131 e. The molecule has 206 valence electrons. The summed E-state index contributed by atoms with van der Waals surface area (Å²) in [6, 6.07) is 30.2. The Morgan fingerprint density at radius 3 is 2.39 bits per heavy atom. The number of benzene rings is 5. The Balaban J connectivity index is 0.000000253. The van der Waals surface area contributed by atoms with Gasteiger partial charge in [-0.15, -0.1) is 0 Å². The van der Waals surface area contributed by atoms with Crippen molar-refractivity contribution in [2.24, 2.45) is 0 Å². The van der Waals surface area contributed by atoms with E-state index >= 15 is 0 Å². The van der Waals surface area contributed by atoms with E-state index in [1.54, 1.807) is 26.4 Å². The number of rotatable bonds is 5. The zero-order valence-corrected chi connectivity index (χ0v) is 23.6. The first-order chi connectivity index (χ1) is 20.2. The monoisotopic (exact) mass is 543 g/mol. The van der Waals surface area contributed by atoms with E-state index in [2.05, 4.69) is 41.4 Å². The molecule has 1 aliphatic carbocycles. The lowest BCUT2D eigenvalue weighted by atomic mass is 9.77. The van der Waals surface area contributed by atoms with E-state index in [0.717, 1.165) is 59.9 Å². The lowest BCUT2D eigenvalue weighted by molar-refractivity contribution is 0.405.